The molecule has 1 N–H and O–H groups in total. The SMILES string of the molecule is C[C@H]1OCC[C@H]1Nc1cc(F)ccc1F. The molecule has 0 aromatic heterocycles. The Kier molecular flexibility index (Phi) is 2.86. The van der Waals surface area contributed by atoms with Crippen LogP contribution in [0.5, 0.6) is 0 Å². The molecule has 82 valence electrons. The van der Waals surface area contributed by atoms with Gasteiger partial charge in [0.2, 0.25) is 0 Å². The molecule has 1 saturated heterocycles. The van der Waals surface area contributed by atoms with Crippen molar-refractivity contribution in [2.45, 2.75) is 25.5 Å². The van der Waals surface area contributed by atoms with E-state index in [2.05, 4.69) is 5.32 Å². The molecule has 0 spiro atoms. The number of halogens is 2. The second kappa shape index (κ2) is 4.14. The zero-order chi connectivity index (χ0) is 10.8. The predicted octanol–water partition coefficient (Wildman–Crippen LogP) is 2.55. The van der Waals surface area contributed by atoms with Gasteiger partial charge in [0.05, 0.1) is 17.8 Å². The van der Waals surface area contributed by atoms with Gasteiger partial charge in [0, 0.05) is 6.61 Å². The van der Waals surface area contributed by atoms with Gasteiger partial charge in [-0.25, -0.2) is 8.78 Å². The molecule has 0 radical (unpaired) electrons. The molecule has 1 fully saturated rings. The lowest BCUT2D eigenvalue weighted by atomic mass is 10.1. The highest BCUT2D eigenvalue weighted by Gasteiger charge is 2.24. The maximum Gasteiger partial charge on any atom is 0.146 e. The third kappa shape index (κ3) is 2.26. The van der Waals surface area contributed by atoms with Gasteiger partial charge in [0.15, 0.2) is 0 Å². The summed E-state index contributed by atoms with van der Waals surface area (Å²) in [5.74, 6) is -0.874. The Morgan fingerprint density at radius 2 is 2.20 bits per heavy atom. The van der Waals surface area contributed by atoms with Crippen LogP contribution < -0.4 is 5.32 Å². The first-order chi connectivity index (χ1) is 7.16. The van der Waals surface area contributed by atoms with Gasteiger partial charge in [-0.2, -0.15) is 0 Å². The summed E-state index contributed by atoms with van der Waals surface area (Å²) in [6, 6.07) is 3.45. The van der Waals surface area contributed by atoms with Crippen LogP contribution in [0.4, 0.5) is 14.5 Å². The third-order valence-corrected chi connectivity index (χ3v) is 2.65. The van der Waals surface area contributed by atoms with Gasteiger partial charge in [-0.3, -0.25) is 0 Å². The molecule has 1 heterocycles. The Bertz CT molecular complexity index is 356. The molecular weight excluding hydrogens is 200 g/mol. The Labute approximate surface area is 87.2 Å². The van der Waals surface area contributed by atoms with E-state index in [0.29, 0.717) is 6.61 Å². The molecule has 0 bridgehead atoms. The average molecular weight is 213 g/mol. The number of hydrogen-bond donors (Lipinski definition) is 1. The van der Waals surface area contributed by atoms with Gasteiger partial charge in [-0.1, -0.05) is 0 Å². The van der Waals surface area contributed by atoms with E-state index in [9.17, 15) is 8.78 Å². The fraction of sp³-hybridized carbons (Fsp3) is 0.455. The number of anilines is 1. The summed E-state index contributed by atoms with van der Waals surface area (Å²) in [4.78, 5) is 0. The lowest BCUT2D eigenvalue weighted by Crippen LogP contribution is -2.27. The zero-order valence-electron chi connectivity index (χ0n) is 8.47. The standard InChI is InChI=1S/C11H13F2NO/c1-7-10(4-5-15-7)14-11-6-8(12)2-3-9(11)13/h2-3,6-7,10,14H,4-5H2,1H3/t7-,10-/m1/s1. The molecule has 0 saturated carbocycles. The van der Waals surface area contributed by atoms with Crippen LogP contribution in [0.3, 0.4) is 0 Å². The van der Waals surface area contributed by atoms with Crippen LogP contribution in [0.25, 0.3) is 0 Å². The van der Waals surface area contributed by atoms with E-state index in [1.54, 1.807) is 0 Å². The zero-order valence-corrected chi connectivity index (χ0v) is 8.47. The first-order valence-corrected chi connectivity index (χ1v) is 5.00. The number of ether oxygens (including phenoxy) is 1. The van der Waals surface area contributed by atoms with Crippen LogP contribution in [-0.4, -0.2) is 18.8 Å². The van der Waals surface area contributed by atoms with Gasteiger partial charge in [0.25, 0.3) is 0 Å². The lowest BCUT2D eigenvalue weighted by Gasteiger charge is -2.17. The molecule has 0 unspecified atom stereocenters. The molecular formula is C11H13F2NO. The molecule has 0 aliphatic carbocycles. The number of benzene rings is 1. The van der Waals surface area contributed by atoms with Crippen molar-refractivity contribution in [1.29, 1.82) is 0 Å². The Morgan fingerprint density at radius 3 is 2.87 bits per heavy atom. The van der Waals surface area contributed by atoms with E-state index < -0.39 is 11.6 Å². The molecule has 1 aliphatic rings. The van der Waals surface area contributed by atoms with E-state index in [-0.39, 0.29) is 17.8 Å². The van der Waals surface area contributed by atoms with Gasteiger partial charge in [-0.15, -0.1) is 0 Å². The average Bonchev–Trinajstić information content (AvgIpc) is 2.58. The van der Waals surface area contributed by atoms with Gasteiger partial charge >= 0.3 is 0 Å². The van der Waals surface area contributed by atoms with Gasteiger partial charge < -0.3 is 10.1 Å². The van der Waals surface area contributed by atoms with Crippen molar-refractivity contribution in [3.63, 3.8) is 0 Å². The molecule has 2 rings (SSSR count). The largest absolute Gasteiger partial charge is 0.377 e. The van der Waals surface area contributed by atoms with Crippen molar-refractivity contribution in [2.24, 2.45) is 0 Å². The second-order valence-electron chi connectivity index (χ2n) is 3.74. The third-order valence-electron chi connectivity index (χ3n) is 2.65. The maximum atomic E-state index is 13.3. The predicted molar refractivity (Wildman–Crippen MR) is 53.8 cm³/mol. The highest BCUT2D eigenvalue weighted by molar-refractivity contribution is 5.46. The van der Waals surface area contributed by atoms with E-state index >= 15 is 0 Å². The topological polar surface area (TPSA) is 21.3 Å². The van der Waals surface area contributed by atoms with Crippen LogP contribution in [0.1, 0.15) is 13.3 Å². The molecule has 2 atom stereocenters. The second-order valence-corrected chi connectivity index (χ2v) is 3.74. The molecule has 1 aromatic rings. The molecule has 15 heavy (non-hydrogen) atoms. The van der Waals surface area contributed by atoms with Crippen molar-refractivity contribution < 1.29 is 13.5 Å². The summed E-state index contributed by atoms with van der Waals surface area (Å²) >= 11 is 0. The van der Waals surface area contributed by atoms with E-state index in [0.717, 1.165) is 18.6 Å². The van der Waals surface area contributed by atoms with Crippen molar-refractivity contribution >= 4 is 5.69 Å². The summed E-state index contributed by atoms with van der Waals surface area (Å²) in [5, 5.41) is 2.96. The van der Waals surface area contributed by atoms with Crippen molar-refractivity contribution in [3.05, 3.63) is 29.8 Å². The highest BCUT2D eigenvalue weighted by atomic mass is 19.1. The summed E-state index contributed by atoms with van der Waals surface area (Å²) < 4.78 is 31.5. The minimum atomic E-state index is -0.439. The van der Waals surface area contributed by atoms with E-state index in [4.69, 9.17) is 4.74 Å². The van der Waals surface area contributed by atoms with Gasteiger partial charge in [-0.05, 0) is 31.5 Å². The first kappa shape index (κ1) is 10.4. The minimum absolute atomic E-state index is 0.0349. The normalized spacial score (nSPS) is 25.5. The molecule has 4 heteroatoms. The minimum Gasteiger partial charge on any atom is -0.377 e. The molecule has 0 amide bonds. The molecule has 2 nitrogen and oxygen atoms in total. The lowest BCUT2D eigenvalue weighted by molar-refractivity contribution is 0.121. The highest BCUT2D eigenvalue weighted by Crippen LogP contribution is 2.21. The quantitative estimate of drug-likeness (QED) is 0.815. The van der Waals surface area contributed by atoms with Gasteiger partial charge in [0.1, 0.15) is 11.6 Å². The number of nitrogens with one attached hydrogen (secondary N) is 1. The smallest absolute Gasteiger partial charge is 0.146 e. The molecule has 1 aliphatic heterocycles. The van der Waals surface area contributed by atoms with E-state index in [1.807, 2.05) is 6.92 Å². The summed E-state index contributed by atoms with van der Waals surface area (Å²) in [7, 11) is 0. The number of rotatable bonds is 2. The summed E-state index contributed by atoms with van der Waals surface area (Å²) in [6.45, 7) is 2.58. The molecule has 1 aromatic carbocycles. The van der Waals surface area contributed by atoms with Crippen molar-refractivity contribution in [3.8, 4) is 0 Å². The maximum absolute atomic E-state index is 13.3. The van der Waals surface area contributed by atoms with Crippen LogP contribution in [0, 0.1) is 11.6 Å². The van der Waals surface area contributed by atoms with Crippen molar-refractivity contribution in [2.75, 3.05) is 11.9 Å². The van der Waals surface area contributed by atoms with Crippen molar-refractivity contribution in [1.82, 2.24) is 0 Å². The van der Waals surface area contributed by atoms with Crippen LogP contribution in [-0.2, 0) is 4.74 Å². The Hall–Kier alpha value is -1.16. The fourth-order valence-electron chi connectivity index (χ4n) is 1.73. The summed E-state index contributed by atoms with van der Waals surface area (Å²) in [6.07, 6.45) is 0.851. The van der Waals surface area contributed by atoms with Crippen LogP contribution in [0.15, 0.2) is 18.2 Å². The van der Waals surface area contributed by atoms with Crippen LogP contribution in [0.2, 0.25) is 0 Å². The summed E-state index contributed by atoms with van der Waals surface area (Å²) in [5.41, 5.74) is 0.206. The fourth-order valence-corrected chi connectivity index (χ4v) is 1.73. The van der Waals surface area contributed by atoms with Crippen LogP contribution >= 0.6 is 0 Å². The monoisotopic (exact) mass is 213 g/mol. The first-order valence-electron chi connectivity index (χ1n) is 5.00. The van der Waals surface area contributed by atoms with E-state index in [1.165, 1.54) is 6.07 Å². The Morgan fingerprint density at radius 1 is 1.40 bits per heavy atom. The number of hydrogen-bond acceptors (Lipinski definition) is 2. The Balaban J connectivity index is 2.12.